The number of pyridine rings is 1. The highest BCUT2D eigenvalue weighted by Gasteiger charge is 2.11. The zero-order valence-electron chi connectivity index (χ0n) is 9.73. The Hall–Kier alpha value is -1.40. The van der Waals surface area contributed by atoms with Gasteiger partial charge in [0.15, 0.2) is 0 Å². The molecule has 0 aliphatic carbocycles. The first-order valence-corrected chi connectivity index (χ1v) is 7.01. The molecule has 98 valence electrons. The van der Waals surface area contributed by atoms with Gasteiger partial charge in [-0.15, -0.1) is 0 Å². The number of nitrogens with zero attached hydrogens (tertiary/aromatic N) is 1. The number of nitrogens with one attached hydrogen (secondary N) is 1. The van der Waals surface area contributed by atoms with Gasteiger partial charge in [0.25, 0.3) is 5.91 Å². The van der Waals surface area contributed by atoms with Crippen LogP contribution in [0.1, 0.15) is 15.9 Å². The number of carbonyl (C=O) groups excluding carboxylic acids is 1. The summed E-state index contributed by atoms with van der Waals surface area (Å²) in [4.78, 5) is 16.0. The molecule has 6 heteroatoms. The second-order valence-corrected chi connectivity index (χ2v) is 5.54. The van der Waals surface area contributed by atoms with Crippen LogP contribution in [0, 0.1) is 0 Å². The van der Waals surface area contributed by atoms with Gasteiger partial charge in [0.2, 0.25) is 0 Å². The third kappa shape index (κ3) is 3.54. The zero-order chi connectivity index (χ0) is 13.8. The number of halogens is 2. The molecule has 0 fully saturated rings. The molecule has 2 aromatic rings. The predicted octanol–water partition coefficient (Wildman–Crippen LogP) is 3.24. The first-order valence-electron chi connectivity index (χ1n) is 5.43. The molecule has 1 heterocycles. The maximum absolute atomic E-state index is 12.0. The lowest BCUT2D eigenvalue weighted by Gasteiger charge is -2.07. The van der Waals surface area contributed by atoms with E-state index in [1.807, 2.05) is 12.1 Å². The first kappa shape index (κ1) is 14.0. The zero-order valence-corrected chi connectivity index (χ0v) is 12.9. The maximum Gasteiger partial charge on any atom is 0.251 e. The minimum absolute atomic E-state index is 0.0730. The Balaban J connectivity index is 2.08. The number of rotatable bonds is 3. The molecule has 0 bridgehead atoms. The van der Waals surface area contributed by atoms with Crippen LogP contribution in [0.4, 0.5) is 0 Å². The molecular weight excluding hydrogens is 376 g/mol. The van der Waals surface area contributed by atoms with Gasteiger partial charge in [-0.1, -0.05) is 6.07 Å². The van der Waals surface area contributed by atoms with Crippen LogP contribution < -0.4 is 5.32 Å². The normalized spacial score (nSPS) is 10.2. The molecule has 0 unspecified atom stereocenters. The van der Waals surface area contributed by atoms with Crippen LogP contribution in [-0.2, 0) is 6.54 Å². The summed E-state index contributed by atoms with van der Waals surface area (Å²) in [6.45, 7) is 0.406. The highest BCUT2D eigenvalue weighted by Crippen LogP contribution is 2.33. The van der Waals surface area contributed by atoms with Gasteiger partial charge in [-0.3, -0.25) is 9.78 Å². The number of aromatic hydroxyl groups is 1. The van der Waals surface area contributed by atoms with Crippen molar-refractivity contribution in [3.05, 3.63) is 56.7 Å². The van der Waals surface area contributed by atoms with Crippen molar-refractivity contribution in [2.75, 3.05) is 0 Å². The molecule has 0 aliphatic rings. The summed E-state index contributed by atoms with van der Waals surface area (Å²) < 4.78 is 0.932. The Bertz CT molecular complexity index is 580. The number of aromatic nitrogens is 1. The second-order valence-electron chi connectivity index (χ2n) is 3.83. The van der Waals surface area contributed by atoms with Crippen LogP contribution in [0.5, 0.6) is 5.75 Å². The minimum Gasteiger partial charge on any atom is -0.506 e. The fraction of sp³-hybridized carbons (Fsp3) is 0.0769. The molecule has 0 saturated heterocycles. The van der Waals surface area contributed by atoms with E-state index in [0.29, 0.717) is 21.1 Å². The number of benzene rings is 1. The molecule has 0 spiro atoms. The van der Waals surface area contributed by atoms with Gasteiger partial charge >= 0.3 is 0 Å². The van der Waals surface area contributed by atoms with Gasteiger partial charge in [-0.05, 0) is 55.6 Å². The SMILES string of the molecule is O=C(NCc1cccnc1)c1cc(Br)c(O)c(Br)c1. The Morgan fingerprint density at radius 1 is 1.32 bits per heavy atom. The Morgan fingerprint density at radius 3 is 2.58 bits per heavy atom. The average Bonchev–Trinajstić information content (AvgIpc) is 2.42. The van der Waals surface area contributed by atoms with E-state index in [9.17, 15) is 9.90 Å². The van der Waals surface area contributed by atoms with Crippen molar-refractivity contribution in [2.45, 2.75) is 6.54 Å². The fourth-order valence-corrected chi connectivity index (χ4v) is 2.67. The summed E-state index contributed by atoms with van der Waals surface area (Å²) in [5.41, 5.74) is 1.38. The molecule has 19 heavy (non-hydrogen) atoms. The van der Waals surface area contributed by atoms with E-state index in [4.69, 9.17) is 0 Å². The monoisotopic (exact) mass is 384 g/mol. The van der Waals surface area contributed by atoms with E-state index in [0.717, 1.165) is 5.56 Å². The molecule has 0 atom stereocenters. The van der Waals surface area contributed by atoms with Crippen LogP contribution in [-0.4, -0.2) is 16.0 Å². The lowest BCUT2D eigenvalue weighted by atomic mass is 10.2. The lowest BCUT2D eigenvalue weighted by molar-refractivity contribution is 0.0950. The smallest absolute Gasteiger partial charge is 0.251 e. The van der Waals surface area contributed by atoms with Crippen molar-refractivity contribution in [3.8, 4) is 5.75 Å². The fourth-order valence-electron chi connectivity index (χ4n) is 1.48. The van der Waals surface area contributed by atoms with Crippen LogP contribution in [0.15, 0.2) is 45.6 Å². The van der Waals surface area contributed by atoms with Crippen LogP contribution in [0.3, 0.4) is 0 Å². The minimum atomic E-state index is -0.217. The molecule has 1 aromatic heterocycles. The topological polar surface area (TPSA) is 62.2 Å². The van der Waals surface area contributed by atoms with Gasteiger partial charge in [-0.25, -0.2) is 0 Å². The molecule has 4 nitrogen and oxygen atoms in total. The maximum atomic E-state index is 12.0. The number of phenolic OH excluding ortho intramolecular Hbond substituents is 1. The highest BCUT2D eigenvalue weighted by atomic mass is 79.9. The van der Waals surface area contributed by atoms with Gasteiger partial charge in [0, 0.05) is 24.5 Å². The molecule has 0 aliphatic heterocycles. The third-order valence-electron chi connectivity index (χ3n) is 2.45. The van der Waals surface area contributed by atoms with E-state index in [2.05, 4.69) is 42.2 Å². The third-order valence-corrected chi connectivity index (χ3v) is 3.66. The van der Waals surface area contributed by atoms with E-state index < -0.39 is 0 Å². The molecule has 1 amide bonds. The summed E-state index contributed by atoms with van der Waals surface area (Å²) in [7, 11) is 0. The number of hydrogen-bond donors (Lipinski definition) is 2. The van der Waals surface area contributed by atoms with E-state index in [-0.39, 0.29) is 11.7 Å². The molecule has 2 rings (SSSR count). The largest absolute Gasteiger partial charge is 0.506 e. The predicted molar refractivity (Wildman–Crippen MR) is 78.9 cm³/mol. The number of carbonyl (C=O) groups is 1. The van der Waals surface area contributed by atoms with E-state index >= 15 is 0 Å². The van der Waals surface area contributed by atoms with Crippen molar-refractivity contribution in [2.24, 2.45) is 0 Å². The molecular formula is C13H10Br2N2O2. The number of phenols is 1. The lowest BCUT2D eigenvalue weighted by Crippen LogP contribution is -2.22. The van der Waals surface area contributed by atoms with Crippen LogP contribution >= 0.6 is 31.9 Å². The standard InChI is InChI=1S/C13H10Br2N2O2/c14-10-4-9(5-11(15)12(10)18)13(19)17-7-8-2-1-3-16-6-8/h1-6,18H,7H2,(H,17,19). The Labute approximate surface area is 127 Å². The van der Waals surface area contributed by atoms with Crippen LogP contribution in [0.25, 0.3) is 0 Å². The molecule has 0 saturated carbocycles. The second kappa shape index (κ2) is 6.16. The van der Waals surface area contributed by atoms with Gasteiger partial charge in [0.1, 0.15) is 5.75 Å². The summed E-state index contributed by atoms with van der Waals surface area (Å²) in [6.07, 6.45) is 3.38. The quantitative estimate of drug-likeness (QED) is 0.852. The summed E-state index contributed by atoms with van der Waals surface area (Å²) in [5.74, 6) is -0.144. The molecule has 2 N–H and O–H groups in total. The van der Waals surface area contributed by atoms with Crippen molar-refractivity contribution < 1.29 is 9.90 Å². The average molecular weight is 386 g/mol. The summed E-state index contributed by atoms with van der Waals surface area (Å²) in [6, 6.07) is 6.84. The van der Waals surface area contributed by atoms with Crippen molar-refractivity contribution >= 4 is 37.8 Å². The number of hydrogen-bond acceptors (Lipinski definition) is 3. The van der Waals surface area contributed by atoms with Gasteiger partial charge in [-0.2, -0.15) is 0 Å². The van der Waals surface area contributed by atoms with Gasteiger partial charge in [0.05, 0.1) is 8.95 Å². The van der Waals surface area contributed by atoms with Crippen LogP contribution in [0.2, 0.25) is 0 Å². The van der Waals surface area contributed by atoms with E-state index in [1.165, 1.54) is 0 Å². The Morgan fingerprint density at radius 2 is 2.00 bits per heavy atom. The molecule has 0 radical (unpaired) electrons. The van der Waals surface area contributed by atoms with Crippen molar-refractivity contribution in [1.82, 2.24) is 10.3 Å². The van der Waals surface area contributed by atoms with Crippen molar-refractivity contribution in [3.63, 3.8) is 0 Å². The van der Waals surface area contributed by atoms with Gasteiger partial charge < -0.3 is 10.4 Å². The highest BCUT2D eigenvalue weighted by molar-refractivity contribution is 9.11. The molecule has 1 aromatic carbocycles. The first-order chi connectivity index (χ1) is 9.08. The summed E-state index contributed by atoms with van der Waals surface area (Å²) in [5, 5.41) is 12.4. The number of amides is 1. The van der Waals surface area contributed by atoms with Crippen molar-refractivity contribution in [1.29, 1.82) is 0 Å². The van der Waals surface area contributed by atoms with E-state index in [1.54, 1.807) is 24.5 Å². The Kier molecular flexibility index (Phi) is 4.55. The summed E-state index contributed by atoms with van der Waals surface area (Å²) >= 11 is 6.38.